The molecule has 1 atom stereocenters. The van der Waals surface area contributed by atoms with E-state index in [4.69, 9.17) is 23.2 Å². The number of nitrogens with zero attached hydrogens (tertiary/aromatic N) is 1. The Morgan fingerprint density at radius 2 is 2.04 bits per heavy atom. The van der Waals surface area contributed by atoms with Crippen LogP contribution in [0, 0.1) is 0 Å². The smallest absolute Gasteiger partial charge is 0.244 e. The molecular formula is C17H22Cl2N2O2S. The summed E-state index contributed by atoms with van der Waals surface area (Å²) in [6.45, 7) is 5.80. The number of halogens is 2. The van der Waals surface area contributed by atoms with Crippen LogP contribution in [0.3, 0.4) is 0 Å². The molecule has 24 heavy (non-hydrogen) atoms. The second-order valence-electron chi connectivity index (χ2n) is 6.85. The lowest BCUT2D eigenvalue weighted by Gasteiger charge is -2.27. The van der Waals surface area contributed by atoms with Crippen molar-refractivity contribution < 1.29 is 9.59 Å². The van der Waals surface area contributed by atoms with Crippen molar-refractivity contribution in [2.45, 2.75) is 45.2 Å². The molecule has 0 spiro atoms. The molecule has 132 valence electrons. The van der Waals surface area contributed by atoms with E-state index in [1.165, 1.54) is 0 Å². The van der Waals surface area contributed by atoms with Gasteiger partial charge in [0.15, 0.2) is 0 Å². The van der Waals surface area contributed by atoms with Crippen molar-refractivity contribution in [2.24, 2.45) is 0 Å². The Morgan fingerprint density at radius 1 is 1.33 bits per heavy atom. The number of hydrogen-bond acceptors (Lipinski definition) is 3. The van der Waals surface area contributed by atoms with E-state index in [2.05, 4.69) is 5.32 Å². The minimum Gasteiger partial charge on any atom is -0.350 e. The average Bonchev–Trinajstić information content (AvgIpc) is 2.93. The van der Waals surface area contributed by atoms with Gasteiger partial charge in [-0.1, -0.05) is 29.3 Å². The van der Waals surface area contributed by atoms with Crippen LogP contribution in [0.1, 0.15) is 32.8 Å². The predicted octanol–water partition coefficient (Wildman–Crippen LogP) is 3.74. The van der Waals surface area contributed by atoms with Crippen LogP contribution in [-0.2, 0) is 16.0 Å². The van der Waals surface area contributed by atoms with Crippen molar-refractivity contribution in [1.82, 2.24) is 10.2 Å². The first-order chi connectivity index (χ1) is 11.2. The highest BCUT2D eigenvalue weighted by molar-refractivity contribution is 7.99. The summed E-state index contributed by atoms with van der Waals surface area (Å²) in [6.07, 6.45) is 0.852. The number of thioether (sulfide) groups is 1. The Labute approximate surface area is 157 Å². The van der Waals surface area contributed by atoms with E-state index in [-0.39, 0.29) is 17.4 Å². The Hall–Kier alpha value is -0.910. The molecular weight excluding hydrogens is 367 g/mol. The molecule has 4 nitrogen and oxygen atoms in total. The highest BCUT2D eigenvalue weighted by atomic mass is 35.5. The van der Waals surface area contributed by atoms with Crippen molar-refractivity contribution in [1.29, 1.82) is 0 Å². The molecule has 7 heteroatoms. The highest BCUT2D eigenvalue weighted by Crippen LogP contribution is 2.25. The van der Waals surface area contributed by atoms with Crippen molar-refractivity contribution in [3.8, 4) is 0 Å². The van der Waals surface area contributed by atoms with Gasteiger partial charge < -0.3 is 10.2 Å². The average molecular weight is 389 g/mol. The van der Waals surface area contributed by atoms with Crippen molar-refractivity contribution in [3.05, 3.63) is 33.8 Å². The number of hydrogen-bond donors (Lipinski definition) is 1. The summed E-state index contributed by atoms with van der Waals surface area (Å²) in [7, 11) is 0. The summed E-state index contributed by atoms with van der Waals surface area (Å²) in [5, 5.41) is 4.09. The molecule has 1 fully saturated rings. The second-order valence-corrected chi connectivity index (χ2v) is 8.70. The maximum Gasteiger partial charge on any atom is 0.244 e. The summed E-state index contributed by atoms with van der Waals surface area (Å²) in [6, 6.07) is 4.87. The Kier molecular flexibility index (Phi) is 6.46. The molecule has 0 aliphatic carbocycles. The normalized spacial score (nSPS) is 17.9. The largest absolute Gasteiger partial charge is 0.350 e. The van der Waals surface area contributed by atoms with Crippen LogP contribution in [0.2, 0.25) is 10.0 Å². The summed E-state index contributed by atoms with van der Waals surface area (Å²) in [4.78, 5) is 26.6. The van der Waals surface area contributed by atoms with Crippen LogP contribution in [0.15, 0.2) is 18.2 Å². The van der Waals surface area contributed by atoms with E-state index < -0.39 is 6.04 Å². The van der Waals surface area contributed by atoms with Gasteiger partial charge in [-0.05, 0) is 44.9 Å². The zero-order valence-electron chi connectivity index (χ0n) is 14.1. The molecule has 0 aromatic heterocycles. The second kappa shape index (κ2) is 7.98. The van der Waals surface area contributed by atoms with E-state index in [1.54, 1.807) is 28.8 Å². The van der Waals surface area contributed by atoms with Crippen molar-refractivity contribution >= 4 is 46.8 Å². The zero-order valence-corrected chi connectivity index (χ0v) is 16.4. The number of carbonyl (C=O) groups is 2. The summed E-state index contributed by atoms with van der Waals surface area (Å²) in [5.74, 6) is 1.07. The van der Waals surface area contributed by atoms with Crippen molar-refractivity contribution in [2.75, 3.05) is 11.6 Å². The van der Waals surface area contributed by atoms with Gasteiger partial charge in [-0.2, -0.15) is 0 Å². The lowest BCUT2D eigenvalue weighted by atomic mass is 10.1. The maximum atomic E-state index is 12.5. The first kappa shape index (κ1) is 19.4. The lowest BCUT2D eigenvalue weighted by Crippen LogP contribution is -2.52. The third kappa shape index (κ3) is 5.30. The molecule has 1 N–H and O–H groups in total. The fraction of sp³-hybridized carbons (Fsp3) is 0.529. The molecule has 1 aromatic carbocycles. The molecule has 1 aliphatic rings. The maximum absolute atomic E-state index is 12.5. The predicted molar refractivity (Wildman–Crippen MR) is 101 cm³/mol. The van der Waals surface area contributed by atoms with Crippen LogP contribution in [0.5, 0.6) is 0 Å². The van der Waals surface area contributed by atoms with Crippen LogP contribution in [-0.4, -0.2) is 39.9 Å². The topological polar surface area (TPSA) is 49.4 Å². The zero-order chi connectivity index (χ0) is 17.9. The van der Waals surface area contributed by atoms with E-state index in [0.717, 1.165) is 5.56 Å². The molecule has 0 saturated carbocycles. The number of carbonyl (C=O) groups excluding carboxylic acids is 2. The van der Waals surface area contributed by atoms with Gasteiger partial charge in [0.25, 0.3) is 0 Å². The molecule has 2 rings (SSSR count). The SMILES string of the molecule is CC(C)(C)NC(=O)C1CSCN1C(=O)CCc1ccc(Cl)cc1Cl. The van der Waals surface area contributed by atoms with Crippen LogP contribution < -0.4 is 5.32 Å². The van der Waals surface area contributed by atoms with E-state index in [9.17, 15) is 9.59 Å². The van der Waals surface area contributed by atoms with E-state index in [0.29, 0.717) is 34.5 Å². The first-order valence-electron chi connectivity index (χ1n) is 7.80. The van der Waals surface area contributed by atoms with E-state index >= 15 is 0 Å². The number of rotatable bonds is 4. The van der Waals surface area contributed by atoms with Gasteiger partial charge in [-0.25, -0.2) is 0 Å². The van der Waals surface area contributed by atoms with Gasteiger partial charge in [-0.3, -0.25) is 9.59 Å². The molecule has 1 aromatic rings. The molecule has 2 amide bonds. The molecule has 1 saturated heterocycles. The third-order valence-electron chi connectivity index (χ3n) is 3.63. The standard InChI is InChI=1S/C17H22Cl2N2O2S/c1-17(2,3)20-16(23)14-9-24-10-21(14)15(22)7-5-11-4-6-12(18)8-13(11)19/h4,6,8,14H,5,7,9-10H2,1-3H3,(H,20,23). The summed E-state index contributed by atoms with van der Waals surface area (Å²) >= 11 is 13.6. The Balaban J connectivity index is 1.96. The molecule has 1 unspecified atom stereocenters. The number of aryl methyl sites for hydroxylation is 1. The Bertz CT molecular complexity index is 632. The van der Waals surface area contributed by atoms with Gasteiger partial charge in [0.1, 0.15) is 6.04 Å². The van der Waals surface area contributed by atoms with Crippen LogP contribution >= 0.6 is 35.0 Å². The van der Waals surface area contributed by atoms with Crippen molar-refractivity contribution in [3.63, 3.8) is 0 Å². The fourth-order valence-corrected chi connectivity index (χ4v) is 4.15. The molecule has 0 bridgehead atoms. The Morgan fingerprint density at radius 3 is 2.67 bits per heavy atom. The van der Waals surface area contributed by atoms with Gasteiger partial charge in [-0.15, -0.1) is 11.8 Å². The monoisotopic (exact) mass is 388 g/mol. The third-order valence-corrected chi connectivity index (χ3v) is 5.23. The van der Waals surface area contributed by atoms with Gasteiger partial charge >= 0.3 is 0 Å². The quantitative estimate of drug-likeness (QED) is 0.854. The van der Waals surface area contributed by atoms with Gasteiger partial charge in [0, 0.05) is 27.8 Å². The lowest BCUT2D eigenvalue weighted by molar-refractivity contribution is -0.138. The minimum atomic E-state index is -0.401. The minimum absolute atomic E-state index is 0.0277. The fourth-order valence-electron chi connectivity index (χ4n) is 2.47. The van der Waals surface area contributed by atoms with Crippen LogP contribution in [0.25, 0.3) is 0 Å². The summed E-state index contributed by atoms with van der Waals surface area (Å²) in [5.41, 5.74) is 0.576. The van der Waals surface area contributed by atoms with Gasteiger partial charge in [0.05, 0.1) is 5.88 Å². The number of amides is 2. The highest BCUT2D eigenvalue weighted by Gasteiger charge is 2.35. The molecule has 1 heterocycles. The van der Waals surface area contributed by atoms with Crippen LogP contribution in [0.4, 0.5) is 0 Å². The first-order valence-corrected chi connectivity index (χ1v) is 9.71. The van der Waals surface area contributed by atoms with E-state index in [1.807, 2.05) is 26.8 Å². The molecule has 1 aliphatic heterocycles. The molecule has 0 radical (unpaired) electrons. The number of benzene rings is 1. The summed E-state index contributed by atoms with van der Waals surface area (Å²) < 4.78 is 0. The number of nitrogens with one attached hydrogen (secondary N) is 1. The van der Waals surface area contributed by atoms with Gasteiger partial charge in [0.2, 0.25) is 11.8 Å².